The SMILES string of the molecule is Cc1nc(-c2ccc(NC(=O)c3ccccc3-c3ncc(-c4ccccc4)o3)cc2)co1. The van der Waals surface area contributed by atoms with Gasteiger partial charge in [-0.3, -0.25) is 4.79 Å². The van der Waals surface area contributed by atoms with Crippen LogP contribution < -0.4 is 5.32 Å². The summed E-state index contributed by atoms with van der Waals surface area (Å²) in [5, 5.41) is 2.94. The molecule has 156 valence electrons. The lowest BCUT2D eigenvalue weighted by atomic mass is 10.1. The molecular weight excluding hydrogens is 402 g/mol. The van der Waals surface area contributed by atoms with Crippen molar-refractivity contribution in [1.29, 1.82) is 0 Å². The maximum absolute atomic E-state index is 13.0. The van der Waals surface area contributed by atoms with Crippen LogP contribution in [0.5, 0.6) is 0 Å². The zero-order valence-corrected chi connectivity index (χ0v) is 17.3. The van der Waals surface area contributed by atoms with Gasteiger partial charge in [0.2, 0.25) is 5.89 Å². The van der Waals surface area contributed by atoms with Gasteiger partial charge in [-0.05, 0) is 24.3 Å². The largest absolute Gasteiger partial charge is 0.449 e. The van der Waals surface area contributed by atoms with E-state index >= 15 is 0 Å². The first-order valence-electron chi connectivity index (χ1n) is 10.1. The van der Waals surface area contributed by atoms with Crippen LogP contribution in [-0.2, 0) is 0 Å². The number of aromatic nitrogens is 2. The van der Waals surface area contributed by atoms with Gasteiger partial charge in [-0.15, -0.1) is 0 Å². The fourth-order valence-electron chi connectivity index (χ4n) is 3.42. The summed E-state index contributed by atoms with van der Waals surface area (Å²) in [7, 11) is 0. The van der Waals surface area contributed by atoms with Gasteiger partial charge < -0.3 is 14.2 Å². The van der Waals surface area contributed by atoms with E-state index in [2.05, 4.69) is 15.3 Å². The summed E-state index contributed by atoms with van der Waals surface area (Å²) < 4.78 is 11.2. The number of hydrogen-bond donors (Lipinski definition) is 1. The molecule has 0 saturated heterocycles. The number of nitrogens with zero attached hydrogens (tertiary/aromatic N) is 2. The molecule has 5 aromatic rings. The molecule has 1 amide bonds. The van der Waals surface area contributed by atoms with E-state index in [4.69, 9.17) is 8.83 Å². The van der Waals surface area contributed by atoms with Crippen LogP contribution in [0, 0.1) is 6.92 Å². The Morgan fingerprint density at radius 3 is 2.38 bits per heavy atom. The molecule has 0 radical (unpaired) electrons. The molecule has 0 unspecified atom stereocenters. The summed E-state index contributed by atoms with van der Waals surface area (Å²) in [4.78, 5) is 21.7. The molecule has 0 atom stereocenters. The van der Waals surface area contributed by atoms with Crippen molar-refractivity contribution in [2.45, 2.75) is 6.92 Å². The third-order valence-corrected chi connectivity index (χ3v) is 5.02. The third kappa shape index (κ3) is 3.94. The summed E-state index contributed by atoms with van der Waals surface area (Å²) in [6, 6.07) is 24.4. The van der Waals surface area contributed by atoms with Crippen molar-refractivity contribution >= 4 is 11.6 Å². The monoisotopic (exact) mass is 421 g/mol. The van der Waals surface area contributed by atoms with Gasteiger partial charge in [0.25, 0.3) is 5.91 Å². The van der Waals surface area contributed by atoms with E-state index in [1.807, 2.05) is 72.8 Å². The molecular formula is C26H19N3O3. The minimum atomic E-state index is -0.245. The number of oxazole rings is 2. The molecule has 5 rings (SSSR count). The summed E-state index contributed by atoms with van der Waals surface area (Å²) in [5.41, 5.74) is 4.37. The molecule has 0 aliphatic rings. The summed E-state index contributed by atoms with van der Waals surface area (Å²) in [6.45, 7) is 1.80. The maximum atomic E-state index is 13.0. The Hall–Kier alpha value is -4.45. The summed E-state index contributed by atoms with van der Waals surface area (Å²) in [6.07, 6.45) is 3.28. The number of amides is 1. The molecule has 0 fully saturated rings. The average Bonchev–Trinajstić information content (AvgIpc) is 3.50. The standard InChI is InChI=1S/C26H19N3O3/c1-17-28-23(16-31-17)18-11-13-20(14-12-18)29-25(30)21-9-5-6-10-22(21)26-27-15-24(32-26)19-7-3-2-4-8-19/h2-16H,1H3,(H,29,30). The maximum Gasteiger partial charge on any atom is 0.256 e. The number of benzene rings is 3. The highest BCUT2D eigenvalue weighted by Crippen LogP contribution is 2.29. The van der Waals surface area contributed by atoms with Gasteiger partial charge in [0.1, 0.15) is 12.0 Å². The Kier molecular flexibility index (Phi) is 5.09. The predicted octanol–water partition coefficient (Wildman–Crippen LogP) is 6.22. The van der Waals surface area contributed by atoms with Crippen LogP contribution in [0.1, 0.15) is 16.2 Å². The molecule has 32 heavy (non-hydrogen) atoms. The minimum absolute atomic E-state index is 0.245. The van der Waals surface area contributed by atoms with E-state index in [0.29, 0.717) is 34.4 Å². The van der Waals surface area contributed by atoms with Crippen LogP contribution >= 0.6 is 0 Å². The third-order valence-electron chi connectivity index (χ3n) is 5.02. The highest BCUT2D eigenvalue weighted by atomic mass is 16.4. The van der Waals surface area contributed by atoms with E-state index in [1.54, 1.807) is 25.5 Å². The van der Waals surface area contributed by atoms with E-state index in [1.165, 1.54) is 0 Å². The highest BCUT2D eigenvalue weighted by Gasteiger charge is 2.17. The van der Waals surface area contributed by atoms with Crippen LogP contribution in [0.2, 0.25) is 0 Å². The number of nitrogens with one attached hydrogen (secondary N) is 1. The van der Waals surface area contributed by atoms with Gasteiger partial charge in [0, 0.05) is 29.3 Å². The molecule has 1 N–H and O–H groups in total. The van der Waals surface area contributed by atoms with Crippen LogP contribution in [-0.4, -0.2) is 15.9 Å². The summed E-state index contributed by atoms with van der Waals surface area (Å²) >= 11 is 0. The number of aryl methyl sites for hydroxylation is 1. The van der Waals surface area contributed by atoms with Crippen molar-refractivity contribution in [3.8, 4) is 34.0 Å². The van der Waals surface area contributed by atoms with E-state index in [9.17, 15) is 4.79 Å². The molecule has 2 aromatic heterocycles. The molecule has 3 aromatic carbocycles. The van der Waals surface area contributed by atoms with Crippen molar-refractivity contribution in [2.24, 2.45) is 0 Å². The number of carbonyl (C=O) groups is 1. The molecule has 0 saturated carbocycles. The van der Waals surface area contributed by atoms with Crippen molar-refractivity contribution in [3.63, 3.8) is 0 Å². The number of rotatable bonds is 5. The molecule has 0 aliphatic heterocycles. The zero-order chi connectivity index (χ0) is 21.9. The number of carbonyl (C=O) groups excluding carboxylic acids is 1. The Bertz CT molecular complexity index is 1370. The van der Waals surface area contributed by atoms with Gasteiger partial charge in [-0.2, -0.15) is 0 Å². The van der Waals surface area contributed by atoms with Gasteiger partial charge in [-0.25, -0.2) is 9.97 Å². The quantitative estimate of drug-likeness (QED) is 0.364. The van der Waals surface area contributed by atoms with E-state index in [0.717, 1.165) is 16.8 Å². The lowest BCUT2D eigenvalue weighted by Gasteiger charge is -2.09. The normalized spacial score (nSPS) is 10.8. The van der Waals surface area contributed by atoms with Crippen LogP contribution in [0.3, 0.4) is 0 Å². The molecule has 0 spiro atoms. The van der Waals surface area contributed by atoms with Crippen molar-refractivity contribution < 1.29 is 13.6 Å². The zero-order valence-electron chi connectivity index (χ0n) is 17.3. The Morgan fingerprint density at radius 2 is 1.62 bits per heavy atom. The van der Waals surface area contributed by atoms with Crippen molar-refractivity contribution in [2.75, 3.05) is 5.32 Å². The van der Waals surface area contributed by atoms with Gasteiger partial charge in [0.15, 0.2) is 11.7 Å². The van der Waals surface area contributed by atoms with Gasteiger partial charge in [-0.1, -0.05) is 54.6 Å². The fourth-order valence-corrected chi connectivity index (χ4v) is 3.42. The van der Waals surface area contributed by atoms with Crippen LogP contribution in [0.15, 0.2) is 100 Å². The average molecular weight is 421 g/mol. The van der Waals surface area contributed by atoms with Crippen LogP contribution in [0.4, 0.5) is 5.69 Å². The topological polar surface area (TPSA) is 81.2 Å². The lowest BCUT2D eigenvalue weighted by molar-refractivity contribution is 0.102. The van der Waals surface area contributed by atoms with E-state index in [-0.39, 0.29) is 5.91 Å². The van der Waals surface area contributed by atoms with Crippen molar-refractivity contribution in [3.05, 3.63) is 103 Å². The second-order valence-electron chi connectivity index (χ2n) is 7.22. The van der Waals surface area contributed by atoms with Gasteiger partial charge in [0.05, 0.1) is 11.8 Å². The fraction of sp³-hybridized carbons (Fsp3) is 0.0385. The molecule has 6 heteroatoms. The molecule has 0 aliphatic carbocycles. The first-order chi connectivity index (χ1) is 15.7. The van der Waals surface area contributed by atoms with Gasteiger partial charge >= 0.3 is 0 Å². The smallest absolute Gasteiger partial charge is 0.256 e. The Labute approximate surface area is 184 Å². The molecule has 6 nitrogen and oxygen atoms in total. The number of hydrogen-bond acceptors (Lipinski definition) is 5. The number of anilines is 1. The Morgan fingerprint density at radius 1 is 0.875 bits per heavy atom. The first-order valence-corrected chi connectivity index (χ1v) is 10.1. The van der Waals surface area contributed by atoms with E-state index < -0.39 is 0 Å². The Balaban J connectivity index is 1.38. The predicted molar refractivity (Wildman–Crippen MR) is 122 cm³/mol. The van der Waals surface area contributed by atoms with Crippen molar-refractivity contribution in [1.82, 2.24) is 9.97 Å². The lowest BCUT2D eigenvalue weighted by Crippen LogP contribution is -2.13. The second kappa shape index (κ2) is 8.35. The molecule has 0 bridgehead atoms. The summed E-state index contributed by atoms with van der Waals surface area (Å²) in [5.74, 6) is 1.40. The second-order valence-corrected chi connectivity index (χ2v) is 7.22. The highest BCUT2D eigenvalue weighted by molar-refractivity contribution is 6.08. The molecule has 2 heterocycles. The first kappa shape index (κ1) is 19.5. The van der Waals surface area contributed by atoms with Crippen LogP contribution in [0.25, 0.3) is 34.0 Å². The minimum Gasteiger partial charge on any atom is -0.449 e.